The van der Waals surface area contributed by atoms with Crippen LogP contribution in [0.15, 0.2) is 36.7 Å². The minimum absolute atomic E-state index is 0.261. The number of anilines is 1. The zero-order valence-electron chi connectivity index (χ0n) is 9.76. The van der Waals surface area contributed by atoms with E-state index < -0.39 is 0 Å². The lowest BCUT2D eigenvalue weighted by molar-refractivity contribution is 0.617. The quantitative estimate of drug-likeness (QED) is 0.713. The van der Waals surface area contributed by atoms with Gasteiger partial charge >= 0.3 is 0 Å². The highest BCUT2D eigenvalue weighted by atomic mass is 19.1. The molecule has 2 N–H and O–H groups in total. The Morgan fingerprint density at radius 1 is 1.28 bits per heavy atom. The Morgan fingerprint density at radius 3 is 2.94 bits per heavy atom. The van der Waals surface area contributed by atoms with Crippen LogP contribution < -0.4 is 5.73 Å². The van der Waals surface area contributed by atoms with E-state index in [1.165, 1.54) is 6.07 Å². The predicted octanol–water partition coefficient (Wildman–Crippen LogP) is 2.45. The number of pyridine rings is 1. The van der Waals surface area contributed by atoms with Gasteiger partial charge < -0.3 is 5.73 Å². The molecule has 0 spiro atoms. The minimum Gasteiger partial charge on any atom is -0.369 e. The van der Waals surface area contributed by atoms with Gasteiger partial charge in [0.2, 0.25) is 5.95 Å². The summed E-state index contributed by atoms with van der Waals surface area (Å²) in [6, 6.07) is 6.71. The van der Waals surface area contributed by atoms with E-state index in [1.807, 2.05) is 12.1 Å². The van der Waals surface area contributed by atoms with E-state index in [0.717, 1.165) is 5.52 Å². The molecule has 0 fully saturated rings. The van der Waals surface area contributed by atoms with Gasteiger partial charge in [0.05, 0.1) is 17.4 Å². The first-order valence-electron chi connectivity index (χ1n) is 5.52. The van der Waals surface area contributed by atoms with Crippen LogP contribution in [0.1, 0.15) is 5.56 Å². The van der Waals surface area contributed by atoms with Crippen LogP contribution in [-0.4, -0.2) is 14.5 Å². The molecule has 18 heavy (non-hydrogen) atoms. The van der Waals surface area contributed by atoms with Crippen LogP contribution in [0.4, 0.5) is 10.3 Å². The summed E-state index contributed by atoms with van der Waals surface area (Å²) in [6.07, 6.45) is 3.30. The SMILES string of the molecule is Cc1c(F)cccc1-n1c(N)nc2cnccc21. The number of benzene rings is 1. The van der Waals surface area contributed by atoms with Crippen molar-refractivity contribution < 1.29 is 4.39 Å². The summed E-state index contributed by atoms with van der Waals surface area (Å²) in [4.78, 5) is 8.21. The molecule has 0 atom stereocenters. The summed E-state index contributed by atoms with van der Waals surface area (Å²) in [5.41, 5.74) is 8.65. The van der Waals surface area contributed by atoms with E-state index in [0.29, 0.717) is 22.7 Å². The maximum Gasteiger partial charge on any atom is 0.205 e. The van der Waals surface area contributed by atoms with E-state index in [9.17, 15) is 4.39 Å². The van der Waals surface area contributed by atoms with Gasteiger partial charge in [-0.05, 0) is 25.1 Å². The van der Waals surface area contributed by atoms with E-state index in [4.69, 9.17) is 5.73 Å². The number of nitrogens with zero attached hydrogens (tertiary/aromatic N) is 3. The van der Waals surface area contributed by atoms with Crippen LogP contribution in [0, 0.1) is 12.7 Å². The fourth-order valence-corrected chi connectivity index (χ4v) is 2.04. The van der Waals surface area contributed by atoms with Crippen molar-refractivity contribution in [1.29, 1.82) is 0 Å². The van der Waals surface area contributed by atoms with E-state index in [2.05, 4.69) is 9.97 Å². The molecule has 0 saturated carbocycles. The Balaban J connectivity index is 2.38. The van der Waals surface area contributed by atoms with Gasteiger partial charge in [-0.25, -0.2) is 9.37 Å². The summed E-state index contributed by atoms with van der Waals surface area (Å²) in [5.74, 6) is 0.0644. The van der Waals surface area contributed by atoms with Crippen LogP contribution in [0.3, 0.4) is 0 Å². The molecular formula is C13H11FN4. The maximum absolute atomic E-state index is 13.6. The molecule has 0 saturated heterocycles. The van der Waals surface area contributed by atoms with Crippen molar-refractivity contribution >= 4 is 17.0 Å². The van der Waals surface area contributed by atoms with Gasteiger partial charge in [-0.3, -0.25) is 9.55 Å². The van der Waals surface area contributed by atoms with Crippen LogP contribution >= 0.6 is 0 Å². The average molecular weight is 242 g/mol. The molecule has 2 aromatic heterocycles. The van der Waals surface area contributed by atoms with Gasteiger partial charge in [0.15, 0.2) is 0 Å². The van der Waals surface area contributed by atoms with Crippen molar-refractivity contribution in [2.75, 3.05) is 5.73 Å². The van der Waals surface area contributed by atoms with Gasteiger partial charge in [-0.15, -0.1) is 0 Å². The molecule has 4 nitrogen and oxygen atoms in total. The van der Waals surface area contributed by atoms with Crippen LogP contribution in [0.5, 0.6) is 0 Å². The monoisotopic (exact) mass is 242 g/mol. The molecule has 0 aliphatic heterocycles. The Morgan fingerprint density at radius 2 is 2.11 bits per heavy atom. The molecule has 0 aliphatic carbocycles. The summed E-state index contributed by atoms with van der Waals surface area (Å²) in [6.45, 7) is 1.72. The number of halogens is 1. The largest absolute Gasteiger partial charge is 0.369 e. The normalized spacial score (nSPS) is 11.0. The van der Waals surface area contributed by atoms with Gasteiger partial charge in [0.1, 0.15) is 11.3 Å². The van der Waals surface area contributed by atoms with Crippen molar-refractivity contribution in [2.24, 2.45) is 0 Å². The maximum atomic E-state index is 13.6. The number of hydrogen-bond donors (Lipinski definition) is 1. The Labute approximate surface area is 103 Å². The first kappa shape index (κ1) is 10.7. The van der Waals surface area contributed by atoms with Crippen LogP contribution in [0.25, 0.3) is 16.7 Å². The van der Waals surface area contributed by atoms with Crippen molar-refractivity contribution in [3.8, 4) is 5.69 Å². The number of aromatic nitrogens is 3. The lowest BCUT2D eigenvalue weighted by atomic mass is 10.2. The standard InChI is InChI=1S/C13H11FN4/c1-8-9(14)3-2-4-11(8)18-12-5-6-16-7-10(12)17-13(18)15/h2-7H,1H3,(H2,15,17). The highest BCUT2D eigenvalue weighted by molar-refractivity contribution is 5.80. The Bertz CT molecular complexity index is 733. The third-order valence-electron chi connectivity index (χ3n) is 2.96. The summed E-state index contributed by atoms with van der Waals surface area (Å²) in [5, 5.41) is 0. The Kier molecular flexibility index (Phi) is 2.26. The van der Waals surface area contributed by atoms with Crippen molar-refractivity contribution in [3.63, 3.8) is 0 Å². The summed E-state index contributed by atoms with van der Waals surface area (Å²) in [7, 11) is 0. The molecule has 0 bridgehead atoms. The lowest BCUT2D eigenvalue weighted by Gasteiger charge is -2.10. The summed E-state index contributed by atoms with van der Waals surface area (Å²) >= 11 is 0. The molecular weight excluding hydrogens is 231 g/mol. The fraction of sp³-hybridized carbons (Fsp3) is 0.0769. The van der Waals surface area contributed by atoms with Gasteiger partial charge in [-0.1, -0.05) is 6.07 Å². The predicted molar refractivity (Wildman–Crippen MR) is 68.0 cm³/mol. The topological polar surface area (TPSA) is 56.7 Å². The van der Waals surface area contributed by atoms with E-state index in [1.54, 1.807) is 30.0 Å². The second kappa shape index (κ2) is 3.80. The smallest absolute Gasteiger partial charge is 0.205 e. The first-order valence-corrected chi connectivity index (χ1v) is 5.52. The third kappa shape index (κ3) is 1.44. The summed E-state index contributed by atoms with van der Waals surface area (Å²) < 4.78 is 15.3. The van der Waals surface area contributed by atoms with Crippen molar-refractivity contribution in [3.05, 3.63) is 48.0 Å². The van der Waals surface area contributed by atoms with Crippen molar-refractivity contribution in [2.45, 2.75) is 6.92 Å². The molecule has 3 aromatic rings. The molecule has 0 aliphatic rings. The zero-order valence-corrected chi connectivity index (χ0v) is 9.76. The number of hydrogen-bond acceptors (Lipinski definition) is 3. The molecule has 3 rings (SSSR count). The van der Waals surface area contributed by atoms with E-state index in [-0.39, 0.29) is 5.82 Å². The molecule has 5 heteroatoms. The third-order valence-corrected chi connectivity index (χ3v) is 2.96. The highest BCUT2D eigenvalue weighted by Crippen LogP contribution is 2.25. The first-order chi connectivity index (χ1) is 8.68. The molecule has 0 amide bonds. The van der Waals surface area contributed by atoms with Gasteiger partial charge in [0, 0.05) is 11.8 Å². The van der Waals surface area contributed by atoms with Crippen LogP contribution in [-0.2, 0) is 0 Å². The fourth-order valence-electron chi connectivity index (χ4n) is 2.04. The highest BCUT2D eigenvalue weighted by Gasteiger charge is 2.13. The molecule has 2 heterocycles. The number of imidazole rings is 1. The lowest BCUT2D eigenvalue weighted by Crippen LogP contribution is -2.03. The second-order valence-electron chi connectivity index (χ2n) is 4.05. The number of rotatable bonds is 1. The average Bonchev–Trinajstić information content (AvgIpc) is 2.69. The molecule has 0 unspecified atom stereocenters. The molecule has 90 valence electrons. The number of nitrogen functional groups attached to an aromatic ring is 1. The Hall–Kier alpha value is -2.43. The molecule has 1 aromatic carbocycles. The van der Waals surface area contributed by atoms with Gasteiger partial charge in [0.25, 0.3) is 0 Å². The van der Waals surface area contributed by atoms with Gasteiger partial charge in [-0.2, -0.15) is 0 Å². The minimum atomic E-state index is -0.261. The van der Waals surface area contributed by atoms with Crippen molar-refractivity contribution in [1.82, 2.24) is 14.5 Å². The number of fused-ring (bicyclic) bond motifs is 1. The van der Waals surface area contributed by atoms with Crippen LogP contribution in [0.2, 0.25) is 0 Å². The number of nitrogens with two attached hydrogens (primary N) is 1. The zero-order chi connectivity index (χ0) is 12.7. The second-order valence-corrected chi connectivity index (χ2v) is 4.05. The molecule has 0 radical (unpaired) electrons. The van der Waals surface area contributed by atoms with E-state index >= 15 is 0 Å².